The van der Waals surface area contributed by atoms with E-state index in [0.29, 0.717) is 5.92 Å². The fourth-order valence-corrected chi connectivity index (χ4v) is 2.28. The predicted octanol–water partition coefficient (Wildman–Crippen LogP) is -0.109. The minimum Gasteiger partial charge on any atom is -0.351 e. The van der Waals surface area contributed by atoms with Crippen molar-refractivity contribution >= 4 is 11.9 Å². The van der Waals surface area contributed by atoms with Crippen LogP contribution in [0.15, 0.2) is 0 Å². The summed E-state index contributed by atoms with van der Waals surface area (Å²) in [5.74, 6) is 0.375. The number of likely N-dealkylation sites (tertiary alicyclic amines) is 1. The fraction of sp³-hybridized carbons (Fsp3) is 0.833. The molecule has 3 amide bonds. The maximum absolute atomic E-state index is 11.6. The summed E-state index contributed by atoms with van der Waals surface area (Å²) >= 11 is 0. The van der Waals surface area contributed by atoms with Gasteiger partial charge in [0.05, 0.1) is 6.04 Å². The van der Waals surface area contributed by atoms with Gasteiger partial charge in [-0.25, -0.2) is 4.79 Å². The van der Waals surface area contributed by atoms with E-state index in [4.69, 9.17) is 5.73 Å². The Labute approximate surface area is 108 Å². The van der Waals surface area contributed by atoms with E-state index in [1.165, 1.54) is 0 Å². The maximum atomic E-state index is 11.6. The smallest absolute Gasteiger partial charge is 0.318 e. The molecule has 1 fully saturated rings. The van der Waals surface area contributed by atoms with Crippen LogP contribution in [-0.4, -0.2) is 49.1 Å². The number of rotatable bonds is 5. The lowest BCUT2D eigenvalue weighted by Gasteiger charge is -2.35. The van der Waals surface area contributed by atoms with Gasteiger partial charge in [0.25, 0.3) is 0 Å². The fourth-order valence-electron chi connectivity index (χ4n) is 2.28. The van der Waals surface area contributed by atoms with Gasteiger partial charge in [0.2, 0.25) is 5.91 Å². The normalized spacial score (nSPS) is 19.4. The molecule has 1 rings (SSSR count). The zero-order chi connectivity index (χ0) is 13.5. The summed E-state index contributed by atoms with van der Waals surface area (Å²) in [5, 5.41) is 5.48. The third-order valence-corrected chi connectivity index (χ3v) is 3.51. The van der Waals surface area contributed by atoms with Gasteiger partial charge in [0.15, 0.2) is 0 Å². The summed E-state index contributed by atoms with van der Waals surface area (Å²) in [7, 11) is 0. The first-order chi connectivity index (χ1) is 8.54. The largest absolute Gasteiger partial charge is 0.351 e. The summed E-state index contributed by atoms with van der Waals surface area (Å²) in [6, 6.07) is -1.08. The first-order valence-corrected chi connectivity index (χ1v) is 6.59. The average molecular weight is 256 g/mol. The molecule has 1 atom stereocenters. The molecule has 0 bridgehead atoms. The van der Waals surface area contributed by atoms with Crippen LogP contribution >= 0.6 is 0 Å². The molecule has 1 saturated heterocycles. The van der Waals surface area contributed by atoms with Gasteiger partial charge >= 0.3 is 6.03 Å². The molecule has 0 aromatic rings. The average Bonchev–Trinajstić information content (AvgIpc) is 2.35. The van der Waals surface area contributed by atoms with E-state index in [-0.39, 0.29) is 11.9 Å². The van der Waals surface area contributed by atoms with Gasteiger partial charge in [-0.15, -0.1) is 0 Å². The molecular formula is C12H24N4O2. The molecule has 104 valence electrons. The number of nitrogens with two attached hydrogens (primary N) is 1. The van der Waals surface area contributed by atoms with Crippen LogP contribution in [0.25, 0.3) is 0 Å². The summed E-state index contributed by atoms with van der Waals surface area (Å²) in [4.78, 5) is 24.4. The van der Waals surface area contributed by atoms with Crippen LogP contribution in [0.5, 0.6) is 0 Å². The topological polar surface area (TPSA) is 87.5 Å². The Kier molecular flexibility index (Phi) is 6.07. The molecule has 1 unspecified atom stereocenters. The van der Waals surface area contributed by atoms with E-state index in [1.54, 1.807) is 0 Å². The van der Waals surface area contributed by atoms with Crippen molar-refractivity contribution in [3.8, 4) is 0 Å². The zero-order valence-electron chi connectivity index (χ0n) is 11.2. The molecule has 0 radical (unpaired) electrons. The second kappa shape index (κ2) is 7.33. The van der Waals surface area contributed by atoms with Gasteiger partial charge in [-0.2, -0.15) is 0 Å². The Morgan fingerprint density at radius 2 is 2.00 bits per heavy atom. The van der Waals surface area contributed by atoms with E-state index in [0.717, 1.165) is 39.0 Å². The van der Waals surface area contributed by atoms with Crippen LogP contribution < -0.4 is 16.4 Å². The standard InChI is InChI=1S/C12H24N4O2/c1-3-14-8-10-4-6-16(7-5-10)9(2)11(17)15-12(13)18/h9-10,14H,3-8H2,1-2H3,(H3,13,15,17,18). The van der Waals surface area contributed by atoms with Crippen LogP contribution in [0.3, 0.4) is 0 Å². The Balaban J connectivity index is 2.33. The zero-order valence-corrected chi connectivity index (χ0v) is 11.2. The van der Waals surface area contributed by atoms with E-state index >= 15 is 0 Å². The number of carbonyl (C=O) groups excluding carboxylic acids is 2. The SMILES string of the molecule is CCNCC1CCN(C(C)C(=O)NC(N)=O)CC1. The number of amides is 3. The summed E-state index contributed by atoms with van der Waals surface area (Å²) in [6.07, 6.45) is 2.17. The van der Waals surface area contributed by atoms with Crippen molar-refractivity contribution in [1.82, 2.24) is 15.5 Å². The minimum absolute atomic E-state index is 0.294. The molecule has 0 saturated carbocycles. The van der Waals surface area contributed by atoms with Crippen molar-refractivity contribution in [1.29, 1.82) is 0 Å². The molecular weight excluding hydrogens is 232 g/mol. The van der Waals surface area contributed by atoms with E-state index in [1.807, 2.05) is 6.92 Å². The predicted molar refractivity (Wildman–Crippen MR) is 70.0 cm³/mol. The summed E-state index contributed by atoms with van der Waals surface area (Å²) < 4.78 is 0. The van der Waals surface area contributed by atoms with Crippen LogP contribution in [0, 0.1) is 5.92 Å². The van der Waals surface area contributed by atoms with Crippen LogP contribution in [0.2, 0.25) is 0 Å². The second-order valence-corrected chi connectivity index (χ2v) is 4.82. The summed E-state index contributed by atoms with van der Waals surface area (Å²) in [5.41, 5.74) is 4.94. The van der Waals surface area contributed by atoms with Crippen LogP contribution in [0.4, 0.5) is 4.79 Å². The third-order valence-electron chi connectivity index (χ3n) is 3.51. The van der Waals surface area contributed by atoms with Crippen molar-refractivity contribution in [2.24, 2.45) is 11.7 Å². The molecule has 1 heterocycles. The van der Waals surface area contributed by atoms with E-state index in [2.05, 4.69) is 22.5 Å². The van der Waals surface area contributed by atoms with Crippen molar-refractivity contribution in [2.75, 3.05) is 26.2 Å². The maximum Gasteiger partial charge on any atom is 0.318 e. The molecule has 1 aliphatic heterocycles. The number of primary amides is 1. The highest BCUT2D eigenvalue weighted by Gasteiger charge is 2.26. The lowest BCUT2D eigenvalue weighted by atomic mass is 9.95. The van der Waals surface area contributed by atoms with Gasteiger partial charge in [-0.3, -0.25) is 15.0 Å². The van der Waals surface area contributed by atoms with Gasteiger partial charge in [0.1, 0.15) is 0 Å². The number of nitrogens with one attached hydrogen (secondary N) is 2. The van der Waals surface area contributed by atoms with Crippen molar-refractivity contribution in [2.45, 2.75) is 32.7 Å². The Morgan fingerprint density at radius 1 is 1.39 bits per heavy atom. The highest BCUT2D eigenvalue weighted by molar-refractivity contribution is 5.96. The number of hydrogen-bond acceptors (Lipinski definition) is 4. The number of nitrogens with zero attached hydrogens (tertiary/aromatic N) is 1. The van der Waals surface area contributed by atoms with Crippen molar-refractivity contribution in [3.05, 3.63) is 0 Å². The quantitative estimate of drug-likeness (QED) is 0.640. The molecule has 0 aliphatic carbocycles. The Morgan fingerprint density at radius 3 is 2.50 bits per heavy atom. The van der Waals surface area contributed by atoms with Crippen molar-refractivity contribution < 1.29 is 9.59 Å². The van der Waals surface area contributed by atoms with Gasteiger partial charge < -0.3 is 11.1 Å². The number of hydrogen-bond donors (Lipinski definition) is 3. The van der Waals surface area contributed by atoms with Crippen LogP contribution in [-0.2, 0) is 4.79 Å². The molecule has 0 aromatic carbocycles. The van der Waals surface area contributed by atoms with Crippen LogP contribution in [0.1, 0.15) is 26.7 Å². The van der Waals surface area contributed by atoms with Gasteiger partial charge in [0, 0.05) is 0 Å². The van der Waals surface area contributed by atoms with Gasteiger partial charge in [-0.05, 0) is 51.9 Å². The van der Waals surface area contributed by atoms with Crippen molar-refractivity contribution in [3.63, 3.8) is 0 Å². The monoisotopic (exact) mass is 256 g/mol. The lowest BCUT2D eigenvalue weighted by molar-refractivity contribution is -0.125. The summed E-state index contributed by atoms with van der Waals surface area (Å²) in [6.45, 7) is 7.74. The van der Waals surface area contributed by atoms with Gasteiger partial charge in [-0.1, -0.05) is 6.92 Å². The molecule has 1 aliphatic rings. The number of carbonyl (C=O) groups is 2. The van der Waals surface area contributed by atoms with E-state index in [9.17, 15) is 9.59 Å². The Hall–Kier alpha value is -1.14. The lowest BCUT2D eigenvalue weighted by Crippen LogP contribution is -2.51. The molecule has 18 heavy (non-hydrogen) atoms. The first kappa shape index (κ1) is 14.9. The Bertz CT molecular complexity index is 288. The number of imide groups is 1. The van der Waals surface area contributed by atoms with E-state index < -0.39 is 6.03 Å². The molecule has 4 N–H and O–H groups in total. The molecule has 6 nitrogen and oxygen atoms in total. The highest BCUT2D eigenvalue weighted by atomic mass is 16.2. The molecule has 0 aromatic heterocycles. The second-order valence-electron chi connectivity index (χ2n) is 4.82. The molecule has 0 spiro atoms. The molecule has 6 heteroatoms. The number of urea groups is 1. The third kappa shape index (κ3) is 4.62. The number of piperidine rings is 1. The first-order valence-electron chi connectivity index (χ1n) is 6.59. The minimum atomic E-state index is -0.783. The highest BCUT2D eigenvalue weighted by Crippen LogP contribution is 2.18.